The van der Waals surface area contributed by atoms with E-state index in [1.807, 2.05) is 0 Å². The predicted molar refractivity (Wildman–Crippen MR) is 50.0 cm³/mol. The van der Waals surface area contributed by atoms with Gasteiger partial charge in [-0.1, -0.05) is 34.0 Å². The molecule has 0 aromatic carbocycles. The number of fused-ring (bicyclic) bond motifs is 1. The SMILES string of the molecule is ClC1=C2C3CCCC2C3(Br)C1. The van der Waals surface area contributed by atoms with Gasteiger partial charge in [-0.3, -0.25) is 0 Å². The van der Waals surface area contributed by atoms with E-state index < -0.39 is 0 Å². The summed E-state index contributed by atoms with van der Waals surface area (Å²) in [5.41, 5.74) is 1.61. The van der Waals surface area contributed by atoms with E-state index in [-0.39, 0.29) is 0 Å². The van der Waals surface area contributed by atoms with Gasteiger partial charge in [-0.25, -0.2) is 0 Å². The van der Waals surface area contributed by atoms with E-state index in [1.165, 1.54) is 24.3 Å². The molecular weight excluding hydrogens is 223 g/mol. The minimum Gasteiger partial charge on any atom is -0.0891 e. The Morgan fingerprint density at radius 1 is 1.36 bits per heavy atom. The van der Waals surface area contributed by atoms with E-state index in [1.54, 1.807) is 5.57 Å². The van der Waals surface area contributed by atoms with Crippen LogP contribution in [0.5, 0.6) is 0 Å². The first-order valence-corrected chi connectivity index (χ1v) is 5.48. The number of hydrogen-bond donors (Lipinski definition) is 0. The van der Waals surface area contributed by atoms with Crippen molar-refractivity contribution in [3.05, 3.63) is 10.6 Å². The van der Waals surface area contributed by atoms with Crippen LogP contribution in [-0.4, -0.2) is 4.32 Å². The molecule has 2 heteroatoms. The summed E-state index contributed by atoms with van der Waals surface area (Å²) < 4.78 is 0.428. The second kappa shape index (κ2) is 1.88. The first-order chi connectivity index (χ1) is 5.23. The summed E-state index contributed by atoms with van der Waals surface area (Å²) in [5, 5.41) is 1.18. The minimum absolute atomic E-state index is 0.428. The lowest BCUT2D eigenvalue weighted by molar-refractivity contribution is 0.170. The molecule has 0 saturated heterocycles. The third kappa shape index (κ3) is 0.604. The van der Waals surface area contributed by atoms with Gasteiger partial charge in [-0.2, -0.15) is 0 Å². The van der Waals surface area contributed by atoms with Crippen LogP contribution < -0.4 is 0 Å². The third-order valence-electron chi connectivity index (χ3n) is 3.63. The van der Waals surface area contributed by atoms with Crippen LogP contribution in [0.25, 0.3) is 0 Å². The van der Waals surface area contributed by atoms with E-state index in [9.17, 15) is 0 Å². The molecule has 4 bridgehead atoms. The molecule has 4 aliphatic carbocycles. The summed E-state index contributed by atoms with van der Waals surface area (Å²) in [7, 11) is 0. The molecule has 2 fully saturated rings. The summed E-state index contributed by atoms with van der Waals surface area (Å²) >= 11 is 10.0. The Labute approximate surface area is 80.1 Å². The fourth-order valence-corrected chi connectivity index (χ4v) is 5.07. The Bertz CT molecular complexity index is 242. The highest BCUT2D eigenvalue weighted by Gasteiger charge is 2.64. The first kappa shape index (κ1) is 6.97. The zero-order valence-corrected chi connectivity index (χ0v) is 8.58. The van der Waals surface area contributed by atoms with Gasteiger partial charge < -0.3 is 0 Å². The molecule has 0 aromatic rings. The van der Waals surface area contributed by atoms with Gasteiger partial charge in [0.05, 0.1) is 0 Å². The maximum atomic E-state index is 6.15. The Morgan fingerprint density at radius 3 is 2.36 bits per heavy atom. The van der Waals surface area contributed by atoms with Crippen LogP contribution in [-0.2, 0) is 0 Å². The van der Waals surface area contributed by atoms with Crippen molar-refractivity contribution < 1.29 is 0 Å². The monoisotopic (exact) mass is 232 g/mol. The molecule has 0 aromatic heterocycles. The number of allylic oxidation sites excluding steroid dienone is 2. The summed E-state index contributed by atoms with van der Waals surface area (Å²) in [6.07, 6.45) is 5.26. The molecule has 0 spiro atoms. The van der Waals surface area contributed by atoms with E-state index in [0.717, 1.165) is 18.3 Å². The molecule has 0 aliphatic heterocycles. The van der Waals surface area contributed by atoms with Crippen LogP contribution >= 0.6 is 27.5 Å². The average molecular weight is 234 g/mol. The van der Waals surface area contributed by atoms with E-state index in [0.29, 0.717) is 4.32 Å². The molecule has 60 valence electrons. The van der Waals surface area contributed by atoms with Crippen LogP contribution in [0, 0.1) is 11.8 Å². The fourth-order valence-electron chi connectivity index (χ4n) is 3.19. The van der Waals surface area contributed by atoms with Gasteiger partial charge in [0.1, 0.15) is 0 Å². The smallest absolute Gasteiger partial charge is 0.0438 e. The molecular formula is C9H10BrCl. The van der Waals surface area contributed by atoms with E-state index in [4.69, 9.17) is 11.6 Å². The predicted octanol–water partition coefficient (Wildman–Crippen LogP) is 3.45. The quantitative estimate of drug-likeness (QED) is 0.562. The largest absolute Gasteiger partial charge is 0.0891 e. The van der Waals surface area contributed by atoms with Crippen molar-refractivity contribution >= 4 is 27.5 Å². The van der Waals surface area contributed by atoms with Crippen molar-refractivity contribution in [3.8, 4) is 0 Å². The molecule has 2 atom stereocenters. The Kier molecular flexibility index (Phi) is 1.19. The van der Waals surface area contributed by atoms with E-state index >= 15 is 0 Å². The molecule has 11 heavy (non-hydrogen) atoms. The number of halogens is 2. The lowest BCUT2D eigenvalue weighted by Gasteiger charge is -2.53. The maximum absolute atomic E-state index is 6.15. The molecule has 4 aliphatic rings. The average Bonchev–Trinajstić information content (AvgIpc) is 2.41. The maximum Gasteiger partial charge on any atom is 0.0438 e. The second-order valence-corrected chi connectivity index (χ2v) is 5.93. The van der Waals surface area contributed by atoms with Crippen LogP contribution in [0.1, 0.15) is 25.7 Å². The van der Waals surface area contributed by atoms with Crippen LogP contribution in [0.4, 0.5) is 0 Å². The zero-order chi connectivity index (χ0) is 7.64. The number of alkyl halides is 1. The van der Waals surface area contributed by atoms with Crippen molar-refractivity contribution in [2.45, 2.75) is 30.0 Å². The normalized spacial score (nSPS) is 52.9. The summed E-state index contributed by atoms with van der Waals surface area (Å²) in [6, 6.07) is 0. The van der Waals surface area contributed by atoms with Gasteiger partial charge >= 0.3 is 0 Å². The Balaban J connectivity index is 2.10. The fraction of sp³-hybridized carbons (Fsp3) is 0.778. The van der Waals surface area contributed by atoms with Crippen molar-refractivity contribution in [1.29, 1.82) is 0 Å². The molecule has 4 rings (SSSR count). The summed E-state index contributed by atoms with van der Waals surface area (Å²) in [4.78, 5) is 0. The molecule has 0 amide bonds. The third-order valence-corrected chi connectivity index (χ3v) is 5.37. The van der Waals surface area contributed by atoms with Crippen LogP contribution in [0.3, 0.4) is 0 Å². The number of hydrogen-bond acceptors (Lipinski definition) is 0. The Morgan fingerprint density at radius 2 is 2.00 bits per heavy atom. The molecule has 0 heterocycles. The van der Waals surface area contributed by atoms with Crippen molar-refractivity contribution in [2.24, 2.45) is 11.8 Å². The van der Waals surface area contributed by atoms with Gasteiger partial charge in [-0.15, -0.1) is 0 Å². The lowest BCUT2D eigenvalue weighted by atomic mass is 9.57. The number of rotatable bonds is 0. The van der Waals surface area contributed by atoms with Gasteiger partial charge in [0, 0.05) is 9.36 Å². The van der Waals surface area contributed by atoms with Crippen molar-refractivity contribution in [3.63, 3.8) is 0 Å². The highest BCUT2D eigenvalue weighted by atomic mass is 79.9. The standard InChI is InChI=1S/C9H10BrCl/c10-9-4-7(11)8-5(9)2-1-3-6(8)9/h5-6H,1-4H2. The molecule has 0 radical (unpaired) electrons. The van der Waals surface area contributed by atoms with Gasteiger partial charge in [-0.05, 0) is 36.7 Å². The van der Waals surface area contributed by atoms with Crippen LogP contribution in [0.2, 0.25) is 0 Å². The van der Waals surface area contributed by atoms with Crippen LogP contribution in [0.15, 0.2) is 10.6 Å². The van der Waals surface area contributed by atoms with Gasteiger partial charge in [0.2, 0.25) is 0 Å². The molecule has 2 saturated carbocycles. The first-order valence-electron chi connectivity index (χ1n) is 4.31. The molecule has 0 nitrogen and oxygen atoms in total. The topological polar surface area (TPSA) is 0 Å². The molecule has 2 unspecified atom stereocenters. The second-order valence-electron chi connectivity index (χ2n) is 4.00. The van der Waals surface area contributed by atoms with Gasteiger partial charge in [0.25, 0.3) is 0 Å². The zero-order valence-electron chi connectivity index (χ0n) is 6.24. The summed E-state index contributed by atoms with van der Waals surface area (Å²) in [5.74, 6) is 1.63. The highest BCUT2D eigenvalue weighted by Crippen LogP contribution is 2.70. The minimum atomic E-state index is 0.428. The highest BCUT2D eigenvalue weighted by molar-refractivity contribution is 9.10. The van der Waals surface area contributed by atoms with E-state index in [2.05, 4.69) is 15.9 Å². The van der Waals surface area contributed by atoms with Crippen molar-refractivity contribution in [1.82, 2.24) is 0 Å². The van der Waals surface area contributed by atoms with Gasteiger partial charge in [0.15, 0.2) is 0 Å². The van der Waals surface area contributed by atoms with Crippen molar-refractivity contribution in [2.75, 3.05) is 0 Å². The lowest BCUT2D eigenvalue weighted by Crippen LogP contribution is -2.51. The molecule has 0 N–H and O–H groups in total. The summed E-state index contributed by atoms with van der Waals surface area (Å²) in [6.45, 7) is 0. The Hall–Kier alpha value is 0.510.